The summed E-state index contributed by atoms with van der Waals surface area (Å²) in [5.41, 5.74) is 5.34. The molecule has 214 valence electrons. The van der Waals surface area contributed by atoms with E-state index in [1.807, 2.05) is 73.7 Å². The Morgan fingerprint density at radius 2 is 1.41 bits per heavy atom. The SMILES string of the molecule is CCCCCCCCCCCC(=O)Nc1cccc(NC(=O)c2cc(-c3ccc(Br)cc3)nc3ccc(C)cc23)c1. The standard InChI is InChI=1S/C35H40BrN3O2/c1-3-4-5-6-7-8-9-10-11-15-34(40)37-28-13-12-14-29(23-28)38-35(41)31-24-33(26-17-19-27(36)20-18-26)39-32-21-16-25(2)22-30(31)32/h12-14,16-24H,3-11,15H2,1-2H3,(H,37,40)(H,38,41). The molecular formula is C35H40BrN3O2. The minimum Gasteiger partial charge on any atom is -0.326 e. The number of rotatable bonds is 14. The molecule has 6 heteroatoms. The van der Waals surface area contributed by atoms with Gasteiger partial charge in [0.15, 0.2) is 0 Å². The fourth-order valence-corrected chi connectivity index (χ4v) is 5.25. The van der Waals surface area contributed by atoms with E-state index in [0.29, 0.717) is 23.4 Å². The first-order valence-corrected chi connectivity index (χ1v) is 15.6. The zero-order valence-electron chi connectivity index (χ0n) is 24.1. The normalized spacial score (nSPS) is 11.0. The van der Waals surface area contributed by atoms with Crippen LogP contribution in [-0.2, 0) is 4.79 Å². The molecular weight excluding hydrogens is 574 g/mol. The number of nitrogens with zero attached hydrogens (tertiary/aromatic N) is 1. The van der Waals surface area contributed by atoms with Crippen LogP contribution in [0.15, 0.2) is 77.3 Å². The number of aromatic nitrogens is 1. The van der Waals surface area contributed by atoms with Gasteiger partial charge in [-0.1, -0.05) is 104 Å². The highest BCUT2D eigenvalue weighted by Crippen LogP contribution is 2.28. The molecule has 0 aliphatic rings. The first-order chi connectivity index (χ1) is 19.9. The van der Waals surface area contributed by atoms with Gasteiger partial charge in [0.05, 0.1) is 16.8 Å². The van der Waals surface area contributed by atoms with Crippen molar-refractivity contribution in [1.29, 1.82) is 0 Å². The van der Waals surface area contributed by atoms with Gasteiger partial charge in [-0.3, -0.25) is 9.59 Å². The van der Waals surface area contributed by atoms with E-state index in [0.717, 1.165) is 45.0 Å². The molecule has 0 saturated carbocycles. The summed E-state index contributed by atoms with van der Waals surface area (Å²) in [6.07, 6.45) is 11.5. The summed E-state index contributed by atoms with van der Waals surface area (Å²) >= 11 is 3.48. The van der Waals surface area contributed by atoms with Crippen molar-refractivity contribution >= 4 is 50.0 Å². The molecule has 4 rings (SSSR count). The van der Waals surface area contributed by atoms with Crippen molar-refractivity contribution in [3.05, 3.63) is 88.4 Å². The van der Waals surface area contributed by atoms with Gasteiger partial charge in [-0.2, -0.15) is 0 Å². The molecule has 0 unspecified atom stereocenters. The van der Waals surface area contributed by atoms with Crippen LogP contribution in [0.3, 0.4) is 0 Å². The molecule has 0 fully saturated rings. The molecule has 0 aliphatic heterocycles. The monoisotopic (exact) mass is 613 g/mol. The maximum atomic E-state index is 13.6. The van der Waals surface area contributed by atoms with Crippen LogP contribution in [0.1, 0.15) is 87.1 Å². The highest BCUT2D eigenvalue weighted by atomic mass is 79.9. The third kappa shape index (κ3) is 9.25. The van der Waals surface area contributed by atoms with Crippen LogP contribution < -0.4 is 10.6 Å². The van der Waals surface area contributed by atoms with Gasteiger partial charge in [-0.25, -0.2) is 4.98 Å². The number of benzene rings is 3. The Labute approximate surface area is 252 Å². The van der Waals surface area contributed by atoms with Crippen molar-refractivity contribution in [2.24, 2.45) is 0 Å². The topological polar surface area (TPSA) is 71.1 Å². The van der Waals surface area contributed by atoms with Crippen molar-refractivity contribution in [2.45, 2.75) is 78.1 Å². The first kappa shape index (κ1) is 30.4. The number of hydrogen-bond acceptors (Lipinski definition) is 3. The second kappa shape index (κ2) is 15.5. The number of carbonyl (C=O) groups is 2. The average Bonchev–Trinajstić information content (AvgIpc) is 2.96. The Bertz CT molecular complexity index is 1470. The molecule has 2 N–H and O–H groups in total. The molecule has 2 amide bonds. The first-order valence-electron chi connectivity index (χ1n) is 14.8. The number of fused-ring (bicyclic) bond motifs is 1. The molecule has 1 heterocycles. The number of aryl methyl sites for hydroxylation is 1. The lowest BCUT2D eigenvalue weighted by Crippen LogP contribution is -2.14. The average molecular weight is 615 g/mol. The second-order valence-electron chi connectivity index (χ2n) is 10.7. The molecule has 5 nitrogen and oxygen atoms in total. The number of halogens is 1. The van der Waals surface area contributed by atoms with Crippen molar-refractivity contribution in [1.82, 2.24) is 4.98 Å². The summed E-state index contributed by atoms with van der Waals surface area (Å²) in [5.74, 6) is -0.217. The Balaban J connectivity index is 1.38. The van der Waals surface area contributed by atoms with E-state index in [9.17, 15) is 9.59 Å². The van der Waals surface area contributed by atoms with E-state index >= 15 is 0 Å². The molecule has 4 aromatic rings. The number of hydrogen-bond donors (Lipinski definition) is 2. The van der Waals surface area contributed by atoms with E-state index in [2.05, 4.69) is 33.5 Å². The van der Waals surface area contributed by atoms with Gasteiger partial charge >= 0.3 is 0 Å². The highest BCUT2D eigenvalue weighted by Gasteiger charge is 2.15. The lowest BCUT2D eigenvalue weighted by Gasteiger charge is -2.12. The Morgan fingerprint density at radius 3 is 2.12 bits per heavy atom. The highest BCUT2D eigenvalue weighted by molar-refractivity contribution is 9.10. The van der Waals surface area contributed by atoms with Crippen LogP contribution in [0.2, 0.25) is 0 Å². The van der Waals surface area contributed by atoms with E-state index in [1.54, 1.807) is 6.07 Å². The van der Waals surface area contributed by atoms with Gasteiger partial charge in [0.25, 0.3) is 5.91 Å². The molecule has 1 aromatic heterocycles. The zero-order valence-corrected chi connectivity index (χ0v) is 25.7. The molecule has 0 saturated heterocycles. The third-order valence-electron chi connectivity index (χ3n) is 7.26. The van der Waals surface area contributed by atoms with E-state index in [1.165, 1.54) is 44.9 Å². The van der Waals surface area contributed by atoms with Gasteiger partial charge in [-0.15, -0.1) is 0 Å². The van der Waals surface area contributed by atoms with Crippen molar-refractivity contribution in [2.75, 3.05) is 10.6 Å². The van der Waals surface area contributed by atoms with Gasteiger partial charge in [-0.05, 0) is 61.9 Å². The Hall–Kier alpha value is -3.51. The minimum atomic E-state index is -0.223. The zero-order chi connectivity index (χ0) is 29.0. The summed E-state index contributed by atoms with van der Waals surface area (Å²) in [6, 6.07) is 23.0. The summed E-state index contributed by atoms with van der Waals surface area (Å²) in [7, 11) is 0. The molecule has 0 atom stereocenters. The van der Waals surface area contributed by atoms with Gasteiger partial charge < -0.3 is 10.6 Å². The van der Waals surface area contributed by atoms with E-state index in [4.69, 9.17) is 4.98 Å². The van der Waals surface area contributed by atoms with Crippen molar-refractivity contribution in [3.63, 3.8) is 0 Å². The van der Waals surface area contributed by atoms with Gasteiger partial charge in [0.2, 0.25) is 5.91 Å². The lowest BCUT2D eigenvalue weighted by atomic mass is 10.0. The van der Waals surface area contributed by atoms with Gasteiger partial charge in [0, 0.05) is 33.2 Å². The van der Waals surface area contributed by atoms with Crippen LogP contribution in [0.4, 0.5) is 11.4 Å². The molecule has 0 radical (unpaired) electrons. The third-order valence-corrected chi connectivity index (χ3v) is 7.79. The summed E-state index contributed by atoms with van der Waals surface area (Å²) < 4.78 is 0.982. The molecule has 0 bridgehead atoms. The minimum absolute atomic E-state index is 0.00571. The summed E-state index contributed by atoms with van der Waals surface area (Å²) in [6.45, 7) is 4.24. The van der Waals surface area contributed by atoms with Crippen LogP contribution >= 0.6 is 15.9 Å². The predicted molar refractivity (Wildman–Crippen MR) is 174 cm³/mol. The number of pyridine rings is 1. The van der Waals surface area contributed by atoms with E-state index in [-0.39, 0.29) is 11.8 Å². The quantitative estimate of drug-likeness (QED) is 0.139. The molecule has 0 aliphatic carbocycles. The number of amides is 2. The van der Waals surface area contributed by atoms with Crippen LogP contribution in [0, 0.1) is 6.92 Å². The van der Waals surface area contributed by atoms with Crippen molar-refractivity contribution < 1.29 is 9.59 Å². The predicted octanol–water partition coefficient (Wildman–Crippen LogP) is 10.1. The number of carbonyl (C=O) groups excluding carboxylic acids is 2. The fraction of sp³-hybridized carbons (Fsp3) is 0.343. The van der Waals surface area contributed by atoms with Gasteiger partial charge in [0.1, 0.15) is 0 Å². The van der Waals surface area contributed by atoms with E-state index < -0.39 is 0 Å². The maximum absolute atomic E-state index is 13.6. The molecule has 3 aromatic carbocycles. The van der Waals surface area contributed by atoms with Crippen LogP contribution in [0.5, 0.6) is 0 Å². The van der Waals surface area contributed by atoms with Crippen LogP contribution in [0.25, 0.3) is 22.2 Å². The van der Waals surface area contributed by atoms with Crippen LogP contribution in [-0.4, -0.2) is 16.8 Å². The molecule has 41 heavy (non-hydrogen) atoms. The Morgan fingerprint density at radius 1 is 0.756 bits per heavy atom. The number of unbranched alkanes of at least 4 members (excludes halogenated alkanes) is 8. The lowest BCUT2D eigenvalue weighted by molar-refractivity contribution is -0.116. The smallest absolute Gasteiger partial charge is 0.256 e. The maximum Gasteiger partial charge on any atom is 0.256 e. The van der Waals surface area contributed by atoms with Crippen molar-refractivity contribution in [3.8, 4) is 11.3 Å². The summed E-state index contributed by atoms with van der Waals surface area (Å²) in [5, 5.41) is 6.82. The number of nitrogens with one attached hydrogen (secondary N) is 2. The molecule has 0 spiro atoms. The number of anilines is 2. The Kier molecular flexibility index (Phi) is 11.5. The largest absolute Gasteiger partial charge is 0.326 e. The second-order valence-corrected chi connectivity index (χ2v) is 11.7. The summed E-state index contributed by atoms with van der Waals surface area (Å²) in [4.78, 5) is 30.9. The fourth-order valence-electron chi connectivity index (χ4n) is 4.99.